The smallest absolute Gasteiger partial charge is 0.315 e. The number of carbonyl (C=O) groups excluding carboxylic acids is 1. The molecule has 3 aromatic rings. The largest absolute Gasteiger partial charge is 0.493 e. The van der Waals surface area contributed by atoms with Gasteiger partial charge in [-0.25, -0.2) is 9.56 Å². The molecule has 2 aromatic carbocycles. The predicted molar refractivity (Wildman–Crippen MR) is 107 cm³/mol. The molecular formula is C20H11ClN2O5S. The Morgan fingerprint density at radius 1 is 1.17 bits per heavy atom. The van der Waals surface area contributed by atoms with Crippen molar-refractivity contribution in [2.45, 2.75) is 0 Å². The zero-order valence-corrected chi connectivity index (χ0v) is 16.2. The lowest BCUT2D eigenvalue weighted by molar-refractivity contribution is -0.114. The summed E-state index contributed by atoms with van der Waals surface area (Å²) in [6.07, 6.45) is 3.09. The van der Waals surface area contributed by atoms with Crippen molar-refractivity contribution in [3.63, 3.8) is 0 Å². The molecule has 0 aliphatic carbocycles. The molecular weight excluding hydrogens is 416 g/mol. The molecule has 1 N–H and O–H groups in total. The highest BCUT2D eigenvalue weighted by molar-refractivity contribution is 7.10. The summed E-state index contributed by atoms with van der Waals surface area (Å²) in [7, 11) is 0. The van der Waals surface area contributed by atoms with E-state index in [1.54, 1.807) is 42.5 Å². The normalized spacial score (nSPS) is 15.8. The van der Waals surface area contributed by atoms with E-state index in [0.29, 0.717) is 32.8 Å². The van der Waals surface area contributed by atoms with Crippen LogP contribution in [0.5, 0.6) is 17.4 Å². The first kappa shape index (κ1) is 17.7. The average Bonchev–Trinajstić information content (AvgIpc) is 3.24. The van der Waals surface area contributed by atoms with Gasteiger partial charge in [-0.2, -0.15) is 0 Å². The van der Waals surface area contributed by atoms with Crippen molar-refractivity contribution in [2.24, 2.45) is 4.99 Å². The molecule has 0 unspecified atom stereocenters. The molecule has 0 bridgehead atoms. The summed E-state index contributed by atoms with van der Waals surface area (Å²) in [5.41, 5.74) is 0.675. The van der Waals surface area contributed by atoms with Gasteiger partial charge in [0.15, 0.2) is 11.5 Å². The Hall–Kier alpha value is -3.36. The molecule has 3 heterocycles. The monoisotopic (exact) mass is 426 g/mol. The molecule has 0 radical (unpaired) electrons. The Labute approximate surface area is 172 Å². The molecule has 2 aliphatic heterocycles. The van der Waals surface area contributed by atoms with Gasteiger partial charge in [0, 0.05) is 21.9 Å². The third kappa shape index (κ3) is 3.02. The van der Waals surface area contributed by atoms with Gasteiger partial charge in [-0.3, -0.25) is 9.59 Å². The minimum absolute atomic E-state index is 0.119. The van der Waals surface area contributed by atoms with E-state index in [1.807, 2.05) is 0 Å². The van der Waals surface area contributed by atoms with Gasteiger partial charge in [-0.1, -0.05) is 29.0 Å². The van der Waals surface area contributed by atoms with Gasteiger partial charge in [-0.05, 0) is 36.4 Å². The molecule has 2 aliphatic rings. The first-order valence-electron chi connectivity index (χ1n) is 8.46. The van der Waals surface area contributed by atoms with Crippen molar-refractivity contribution >= 4 is 41.0 Å². The number of rotatable bonds is 2. The van der Waals surface area contributed by atoms with E-state index >= 15 is 0 Å². The number of nitrogens with zero attached hydrogens (tertiary/aromatic N) is 2. The Bertz CT molecular complexity index is 1400. The predicted octanol–water partition coefficient (Wildman–Crippen LogP) is 2.01. The third-order valence-corrected chi connectivity index (χ3v) is 5.58. The molecule has 7 nitrogen and oxygen atoms in total. The SMILES string of the molecule is O=C1N=c2cc3c(cc2=C/C1=C/c1sc(=O)n(-c2cccc(Cl)c2)c1O)OCO3. The van der Waals surface area contributed by atoms with Crippen LogP contribution in [0.15, 0.2) is 51.8 Å². The first-order valence-corrected chi connectivity index (χ1v) is 9.66. The fraction of sp³-hybridized carbons (Fsp3) is 0.0500. The van der Waals surface area contributed by atoms with E-state index in [9.17, 15) is 14.7 Å². The zero-order valence-electron chi connectivity index (χ0n) is 14.6. The van der Waals surface area contributed by atoms with E-state index in [4.69, 9.17) is 21.1 Å². The highest BCUT2D eigenvalue weighted by Crippen LogP contribution is 2.30. The molecule has 5 rings (SSSR count). The molecule has 0 fully saturated rings. The molecule has 29 heavy (non-hydrogen) atoms. The van der Waals surface area contributed by atoms with Gasteiger partial charge in [0.25, 0.3) is 5.91 Å². The van der Waals surface area contributed by atoms with Crippen LogP contribution in [0.25, 0.3) is 17.8 Å². The number of fused-ring (bicyclic) bond motifs is 2. The summed E-state index contributed by atoms with van der Waals surface area (Å²) in [6, 6.07) is 9.96. The van der Waals surface area contributed by atoms with E-state index in [1.165, 1.54) is 6.08 Å². The standard InChI is InChI=1S/C20H11ClN2O5S/c21-12-2-1-3-13(7-12)23-19(25)17(29-20(23)26)6-11-4-10-5-15-16(28-9-27-15)8-14(10)22-18(11)24/h1-8,25H,9H2/b11-6-. The second-order valence-corrected chi connectivity index (χ2v) is 7.73. The van der Waals surface area contributed by atoms with Crippen LogP contribution in [0.3, 0.4) is 0 Å². The Morgan fingerprint density at radius 3 is 2.76 bits per heavy atom. The molecule has 1 amide bonds. The molecule has 144 valence electrons. The number of thiazole rings is 1. The van der Waals surface area contributed by atoms with Crippen molar-refractivity contribution in [1.82, 2.24) is 4.57 Å². The number of ether oxygens (including phenoxy) is 2. The number of halogens is 1. The number of amides is 1. The topological polar surface area (TPSA) is 90.1 Å². The molecule has 9 heteroatoms. The Morgan fingerprint density at radius 2 is 1.97 bits per heavy atom. The summed E-state index contributed by atoms with van der Waals surface area (Å²) >= 11 is 6.80. The Kier molecular flexibility index (Phi) is 4.04. The van der Waals surface area contributed by atoms with Crippen LogP contribution < -0.4 is 24.9 Å². The minimum Gasteiger partial charge on any atom is -0.493 e. The number of carbonyl (C=O) groups is 1. The molecule has 0 saturated heterocycles. The lowest BCUT2D eigenvalue weighted by atomic mass is 10.1. The second kappa shape index (κ2) is 6.61. The van der Waals surface area contributed by atoms with E-state index in [2.05, 4.69) is 4.99 Å². The van der Waals surface area contributed by atoms with Gasteiger partial charge >= 0.3 is 4.87 Å². The Balaban J connectivity index is 1.62. The quantitative estimate of drug-likeness (QED) is 0.633. The highest BCUT2D eigenvalue weighted by Gasteiger charge is 2.20. The summed E-state index contributed by atoms with van der Waals surface area (Å²) < 4.78 is 11.8. The van der Waals surface area contributed by atoms with Crippen LogP contribution in [0.2, 0.25) is 5.02 Å². The molecule has 1 aromatic heterocycles. The maximum Gasteiger partial charge on any atom is 0.315 e. The summed E-state index contributed by atoms with van der Waals surface area (Å²) in [6.45, 7) is 0.119. The minimum atomic E-state index is -0.481. The highest BCUT2D eigenvalue weighted by atomic mass is 35.5. The van der Waals surface area contributed by atoms with Crippen molar-refractivity contribution in [1.29, 1.82) is 0 Å². The van der Waals surface area contributed by atoms with Gasteiger partial charge in [0.1, 0.15) is 0 Å². The van der Waals surface area contributed by atoms with Crippen LogP contribution in [0, 0.1) is 0 Å². The summed E-state index contributed by atoms with van der Waals surface area (Å²) in [5.74, 6) is 0.359. The average molecular weight is 427 g/mol. The van der Waals surface area contributed by atoms with Gasteiger partial charge in [0.05, 0.1) is 15.9 Å². The maximum absolute atomic E-state index is 12.5. The molecule has 0 saturated carbocycles. The summed E-state index contributed by atoms with van der Waals surface area (Å²) in [4.78, 5) is 28.8. The molecule has 0 spiro atoms. The van der Waals surface area contributed by atoms with E-state index < -0.39 is 10.8 Å². The number of aromatic nitrogens is 1. The van der Waals surface area contributed by atoms with Crippen LogP contribution in [-0.2, 0) is 4.79 Å². The molecule has 0 atom stereocenters. The van der Waals surface area contributed by atoms with Crippen LogP contribution >= 0.6 is 22.9 Å². The fourth-order valence-electron chi connectivity index (χ4n) is 3.13. The number of hydrogen-bond donors (Lipinski definition) is 1. The number of hydrogen-bond acceptors (Lipinski definition) is 6. The van der Waals surface area contributed by atoms with Gasteiger partial charge < -0.3 is 14.6 Å². The van der Waals surface area contributed by atoms with E-state index in [0.717, 1.165) is 15.9 Å². The van der Waals surface area contributed by atoms with Crippen molar-refractivity contribution in [2.75, 3.05) is 6.79 Å². The van der Waals surface area contributed by atoms with Crippen LogP contribution in [-0.4, -0.2) is 22.4 Å². The second-order valence-electron chi connectivity index (χ2n) is 6.30. The lowest BCUT2D eigenvalue weighted by Gasteiger charge is -2.05. The van der Waals surface area contributed by atoms with Crippen molar-refractivity contribution in [3.05, 3.63) is 72.1 Å². The van der Waals surface area contributed by atoms with Gasteiger partial charge in [0.2, 0.25) is 12.7 Å². The van der Waals surface area contributed by atoms with Crippen LogP contribution in [0.1, 0.15) is 4.88 Å². The maximum atomic E-state index is 12.5. The summed E-state index contributed by atoms with van der Waals surface area (Å²) in [5, 5.41) is 12.2. The van der Waals surface area contributed by atoms with Crippen molar-refractivity contribution in [3.8, 4) is 23.1 Å². The number of benzene rings is 2. The third-order valence-electron chi connectivity index (χ3n) is 4.47. The first-order chi connectivity index (χ1) is 14.0. The zero-order chi connectivity index (χ0) is 20.1. The van der Waals surface area contributed by atoms with Crippen molar-refractivity contribution < 1.29 is 19.4 Å². The lowest BCUT2D eigenvalue weighted by Crippen LogP contribution is -2.30. The number of aromatic hydroxyl groups is 1. The van der Waals surface area contributed by atoms with E-state index in [-0.39, 0.29) is 23.1 Å². The van der Waals surface area contributed by atoms with Crippen LogP contribution in [0.4, 0.5) is 0 Å². The van der Waals surface area contributed by atoms with Gasteiger partial charge in [-0.15, -0.1) is 0 Å². The fourth-order valence-corrected chi connectivity index (χ4v) is 4.15.